The van der Waals surface area contributed by atoms with Crippen LogP contribution in [-0.2, 0) is 4.79 Å². The molecule has 39 heavy (non-hydrogen) atoms. The molecular formula is C25H34F5N5O3S. The molecular weight excluding hydrogens is 545 g/mol. The molecule has 2 aromatic heterocycles. The molecule has 3 N–H and O–H groups in total. The number of aryl methyl sites for hydroxylation is 1. The molecule has 2 amide bonds. The van der Waals surface area contributed by atoms with Crippen molar-refractivity contribution in [3.05, 3.63) is 28.5 Å². The fraction of sp³-hybridized carbons (Fsp3) is 0.600. The Balaban J connectivity index is 0.000000400. The first-order valence-electron chi connectivity index (χ1n) is 12.6. The molecule has 1 atom stereocenters. The van der Waals surface area contributed by atoms with Gasteiger partial charge in [0.25, 0.3) is 12.3 Å². The van der Waals surface area contributed by atoms with Crippen LogP contribution in [0, 0.1) is 6.92 Å². The number of hydrogen-bond acceptors (Lipinski definition) is 7. The Hall–Kier alpha value is -2.87. The molecule has 0 aliphatic carbocycles. The average molecular weight is 580 g/mol. The highest BCUT2D eigenvalue weighted by atomic mass is 32.1. The first kappa shape index (κ1) is 32.3. The molecule has 2 aliphatic heterocycles. The maximum absolute atomic E-state index is 13.5. The van der Waals surface area contributed by atoms with Crippen molar-refractivity contribution in [2.75, 3.05) is 18.5 Å². The Morgan fingerprint density at radius 3 is 2.28 bits per heavy atom. The second-order valence-electron chi connectivity index (χ2n) is 8.93. The minimum atomic E-state index is -4.52. The van der Waals surface area contributed by atoms with Crippen LogP contribution in [0.15, 0.2) is 12.3 Å². The van der Waals surface area contributed by atoms with E-state index in [1.807, 2.05) is 24.1 Å². The van der Waals surface area contributed by atoms with Crippen molar-refractivity contribution in [1.82, 2.24) is 20.2 Å². The molecule has 0 saturated carbocycles. The van der Waals surface area contributed by atoms with Gasteiger partial charge in [-0.1, -0.05) is 13.8 Å². The number of carbonyl (C=O) groups excluding carboxylic acids is 2. The minimum absolute atomic E-state index is 0.00675. The van der Waals surface area contributed by atoms with Gasteiger partial charge in [-0.15, -0.1) is 11.3 Å². The Bertz CT molecular complexity index is 1080. The van der Waals surface area contributed by atoms with Crippen LogP contribution in [0.25, 0.3) is 10.4 Å². The predicted molar refractivity (Wildman–Crippen MR) is 139 cm³/mol. The molecule has 2 aliphatic rings. The van der Waals surface area contributed by atoms with E-state index in [4.69, 9.17) is 5.11 Å². The number of carbonyl (C=O) groups is 2. The summed E-state index contributed by atoms with van der Waals surface area (Å²) in [6.07, 6.45) is -0.431. The van der Waals surface area contributed by atoms with Gasteiger partial charge >= 0.3 is 6.18 Å². The third-order valence-electron chi connectivity index (χ3n) is 6.16. The van der Waals surface area contributed by atoms with Crippen LogP contribution in [0.1, 0.15) is 73.9 Å². The maximum Gasteiger partial charge on any atom is 0.405 e. The second kappa shape index (κ2) is 14.5. The fourth-order valence-electron chi connectivity index (χ4n) is 4.33. The molecule has 0 spiro atoms. The summed E-state index contributed by atoms with van der Waals surface area (Å²) < 4.78 is 63.8. The van der Waals surface area contributed by atoms with Crippen molar-refractivity contribution in [3.8, 4) is 10.4 Å². The van der Waals surface area contributed by atoms with Gasteiger partial charge in [0.2, 0.25) is 6.41 Å². The number of nitrogens with one attached hydrogen (secondary N) is 2. The van der Waals surface area contributed by atoms with Crippen molar-refractivity contribution in [1.29, 1.82) is 0 Å². The Kier molecular flexibility index (Phi) is 12.0. The third-order valence-corrected chi connectivity index (χ3v) is 7.35. The van der Waals surface area contributed by atoms with E-state index in [2.05, 4.69) is 15.3 Å². The van der Waals surface area contributed by atoms with Crippen LogP contribution in [0.5, 0.6) is 0 Å². The number of alkyl halides is 5. The highest BCUT2D eigenvalue weighted by Gasteiger charge is 2.38. The van der Waals surface area contributed by atoms with E-state index < -0.39 is 36.7 Å². The molecule has 0 aromatic carbocycles. The zero-order chi connectivity index (χ0) is 29.3. The SMILES string of the molecule is CC.Cc1nc(C(=O)NC(C)CO)sc1-c1cnc(NCC(F)(F)F)cc1C(F)F.O=CN1C2CCC1CC2. The van der Waals surface area contributed by atoms with Crippen LogP contribution in [0.3, 0.4) is 0 Å². The number of rotatable bonds is 8. The number of aliphatic hydroxyl groups is 1. The number of thiazole rings is 1. The van der Waals surface area contributed by atoms with E-state index in [9.17, 15) is 31.5 Å². The van der Waals surface area contributed by atoms with Crippen LogP contribution < -0.4 is 10.6 Å². The molecule has 4 heterocycles. The lowest BCUT2D eigenvalue weighted by Gasteiger charge is -2.13. The van der Waals surface area contributed by atoms with Crippen molar-refractivity contribution in [2.45, 2.75) is 84.1 Å². The highest BCUT2D eigenvalue weighted by Crippen LogP contribution is 2.38. The van der Waals surface area contributed by atoms with E-state index in [1.165, 1.54) is 32.6 Å². The third kappa shape index (κ3) is 8.82. The first-order valence-corrected chi connectivity index (χ1v) is 13.5. The molecule has 1 unspecified atom stereocenters. The minimum Gasteiger partial charge on any atom is -0.394 e. The molecule has 0 radical (unpaired) electrons. The standard InChI is InChI=1S/C16H17F5N4O2S.C7H11NO.C2H6/c1-7(5-26)24-14(27)15-25-8(2)12(28-15)10-4-22-11(3-9(10)13(17)18)23-6-16(19,20)21;9-5-8-6-1-2-7(8)4-3-6;1-2/h3-4,7,13,26H,5-6H2,1-2H3,(H,22,23)(H,24,27);5-7H,1-4H2;1-2H3. The number of aromatic nitrogens is 2. The lowest BCUT2D eigenvalue weighted by atomic mass is 10.0. The zero-order valence-corrected chi connectivity index (χ0v) is 23.0. The molecule has 4 rings (SSSR count). The van der Waals surface area contributed by atoms with Crippen molar-refractivity contribution >= 4 is 29.5 Å². The summed E-state index contributed by atoms with van der Waals surface area (Å²) in [5.74, 6) is -0.913. The van der Waals surface area contributed by atoms with Crippen molar-refractivity contribution < 1.29 is 36.6 Å². The summed E-state index contributed by atoms with van der Waals surface area (Å²) in [6.45, 7) is 5.40. The van der Waals surface area contributed by atoms with Crippen molar-refractivity contribution in [2.24, 2.45) is 0 Å². The number of hydrogen-bond donors (Lipinski definition) is 3. The number of halogens is 5. The smallest absolute Gasteiger partial charge is 0.394 e. The lowest BCUT2D eigenvalue weighted by molar-refractivity contribution is -0.119. The van der Waals surface area contributed by atoms with Gasteiger partial charge in [-0.05, 0) is 45.6 Å². The Labute approximate surface area is 228 Å². The molecule has 2 bridgehead atoms. The maximum atomic E-state index is 13.5. The van der Waals surface area contributed by atoms with E-state index in [1.54, 1.807) is 6.92 Å². The summed E-state index contributed by atoms with van der Waals surface area (Å²) in [4.78, 5) is 32.6. The van der Waals surface area contributed by atoms with E-state index in [0.717, 1.165) is 30.0 Å². The van der Waals surface area contributed by atoms with E-state index in [-0.39, 0.29) is 27.9 Å². The number of nitrogens with zero attached hydrogens (tertiary/aromatic N) is 3. The number of fused-ring (bicyclic) bond motifs is 2. The largest absolute Gasteiger partial charge is 0.405 e. The summed E-state index contributed by atoms with van der Waals surface area (Å²) in [5, 5.41) is 13.4. The van der Waals surface area contributed by atoms with Gasteiger partial charge in [0.15, 0.2) is 5.01 Å². The number of amides is 2. The lowest BCUT2D eigenvalue weighted by Crippen LogP contribution is -2.34. The van der Waals surface area contributed by atoms with Gasteiger partial charge in [-0.3, -0.25) is 9.59 Å². The summed E-state index contributed by atoms with van der Waals surface area (Å²) >= 11 is 0.850. The van der Waals surface area contributed by atoms with Gasteiger partial charge in [-0.2, -0.15) is 13.2 Å². The molecule has 2 aromatic rings. The highest BCUT2D eigenvalue weighted by molar-refractivity contribution is 7.17. The number of aliphatic hydroxyl groups excluding tert-OH is 1. The monoisotopic (exact) mass is 579 g/mol. The molecule has 218 valence electrons. The molecule has 2 fully saturated rings. The van der Waals surface area contributed by atoms with Crippen LogP contribution in [-0.4, -0.2) is 69.7 Å². The molecule has 2 saturated heterocycles. The summed E-state index contributed by atoms with van der Waals surface area (Å²) in [7, 11) is 0. The van der Waals surface area contributed by atoms with E-state index >= 15 is 0 Å². The Morgan fingerprint density at radius 1 is 1.23 bits per heavy atom. The first-order chi connectivity index (χ1) is 18.4. The zero-order valence-electron chi connectivity index (χ0n) is 22.2. The number of pyridine rings is 1. The Morgan fingerprint density at radius 2 is 1.82 bits per heavy atom. The van der Waals surface area contributed by atoms with Gasteiger partial charge in [0.1, 0.15) is 12.4 Å². The predicted octanol–water partition coefficient (Wildman–Crippen LogP) is 5.33. The van der Waals surface area contributed by atoms with E-state index in [0.29, 0.717) is 17.8 Å². The van der Waals surface area contributed by atoms with Gasteiger partial charge in [0, 0.05) is 35.4 Å². The van der Waals surface area contributed by atoms with Crippen molar-refractivity contribution in [3.63, 3.8) is 0 Å². The number of anilines is 1. The van der Waals surface area contributed by atoms with Crippen LogP contribution >= 0.6 is 11.3 Å². The van der Waals surface area contributed by atoms with Gasteiger partial charge in [-0.25, -0.2) is 18.7 Å². The van der Waals surface area contributed by atoms with Crippen LogP contribution in [0.4, 0.5) is 27.8 Å². The average Bonchev–Trinajstić information content (AvgIpc) is 3.62. The van der Waals surface area contributed by atoms with Gasteiger partial charge in [0.05, 0.1) is 17.2 Å². The quantitative estimate of drug-likeness (QED) is 0.288. The molecule has 14 heteroatoms. The summed E-state index contributed by atoms with van der Waals surface area (Å²) in [5.41, 5.74) is -0.245. The second-order valence-corrected chi connectivity index (χ2v) is 9.93. The van der Waals surface area contributed by atoms with Gasteiger partial charge < -0.3 is 20.6 Å². The topological polar surface area (TPSA) is 107 Å². The van der Waals surface area contributed by atoms with Crippen LogP contribution in [0.2, 0.25) is 0 Å². The normalized spacial score (nSPS) is 18.6. The molecule has 8 nitrogen and oxygen atoms in total. The summed E-state index contributed by atoms with van der Waals surface area (Å²) in [6, 6.07) is 1.57. The fourth-order valence-corrected chi connectivity index (χ4v) is 5.33.